The number of hydrogen-bond donors (Lipinski definition) is 0. The van der Waals surface area contributed by atoms with Crippen LogP contribution in [0.1, 0.15) is 76.7 Å². The van der Waals surface area contributed by atoms with Crippen molar-refractivity contribution in [3.05, 3.63) is 29.8 Å². The van der Waals surface area contributed by atoms with Crippen LogP contribution >= 0.6 is 11.8 Å². The summed E-state index contributed by atoms with van der Waals surface area (Å²) in [7, 11) is 0. The van der Waals surface area contributed by atoms with Gasteiger partial charge in [0.05, 0.1) is 0 Å². The highest BCUT2D eigenvalue weighted by Gasteiger charge is 1.96. The molecule has 0 saturated heterocycles. The van der Waals surface area contributed by atoms with Crippen molar-refractivity contribution in [2.24, 2.45) is 0 Å². The highest BCUT2D eigenvalue weighted by atomic mass is 32.2. The molecule has 0 bridgehead atoms. The van der Waals surface area contributed by atoms with Gasteiger partial charge in [0.1, 0.15) is 0 Å². The Kier molecular flexibility index (Phi) is 11.3. The second-order valence-corrected chi connectivity index (χ2v) is 6.83. The molecule has 0 heterocycles. The minimum absolute atomic E-state index is 0.637. The predicted molar refractivity (Wildman–Crippen MR) is 93.8 cm³/mol. The van der Waals surface area contributed by atoms with Gasteiger partial charge in [-0.1, -0.05) is 64.7 Å². The summed E-state index contributed by atoms with van der Waals surface area (Å²) in [5.74, 6) is 1.18. The van der Waals surface area contributed by atoms with E-state index >= 15 is 0 Å². The van der Waals surface area contributed by atoms with E-state index in [0.717, 1.165) is 0 Å². The normalized spacial score (nSPS) is 10.7. The third kappa shape index (κ3) is 9.73. The van der Waals surface area contributed by atoms with Crippen molar-refractivity contribution in [3.8, 4) is 0 Å². The lowest BCUT2D eigenvalue weighted by Crippen LogP contribution is -1.84. The minimum atomic E-state index is 0.637. The van der Waals surface area contributed by atoms with Crippen LogP contribution in [0.3, 0.4) is 0 Å². The van der Waals surface area contributed by atoms with Gasteiger partial charge in [-0.2, -0.15) is 0 Å². The number of hydrogen-bond acceptors (Lipinski definition) is 2. The van der Waals surface area contributed by atoms with Gasteiger partial charge in [0, 0.05) is 10.5 Å². The van der Waals surface area contributed by atoms with Gasteiger partial charge in [-0.3, -0.25) is 4.79 Å². The standard InChI is InChI=1S/C19H29OS/c1-2-3-4-5-6-7-8-9-10-11-16-21-19-14-12-18(17-20)13-15-19/h12-15H,2-11,16H2,1H3. The molecule has 1 radical (unpaired) electrons. The van der Waals surface area contributed by atoms with Crippen molar-refractivity contribution >= 4 is 18.0 Å². The maximum Gasteiger partial charge on any atom is 0.233 e. The van der Waals surface area contributed by atoms with E-state index in [1.54, 1.807) is 0 Å². The van der Waals surface area contributed by atoms with Crippen LogP contribution < -0.4 is 0 Å². The topological polar surface area (TPSA) is 17.1 Å². The SMILES string of the molecule is CCCCCCCCCCCCSc1ccc([C]=O)cc1. The van der Waals surface area contributed by atoms with Crippen LogP contribution in [0.15, 0.2) is 29.2 Å². The predicted octanol–water partition coefficient (Wildman–Crippen LogP) is 6.16. The third-order valence-corrected chi connectivity index (χ3v) is 4.84. The number of rotatable bonds is 13. The molecule has 21 heavy (non-hydrogen) atoms. The fourth-order valence-corrected chi connectivity index (χ4v) is 3.31. The zero-order chi connectivity index (χ0) is 15.2. The molecule has 0 aromatic heterocycles. The molecular weight excluding hydrogens is 276 g/mol. The van der Waals surface area contributed by atoms with Gasteiger partial charge in [0.25, 0.3) is 0 Å². The van der Waals surface area contributed by atoms with Crippen LogP contribution in [0.4, 0.5) is 0 Å². The summed E-state index contributed by atoms with van der Waals surface area (Å²) in [6.07, 6.45) is 15.8. The van der Waals surface area contributed by atoms with Gasteiger partial charge in [-0.15, -0.1) is 11.8 Å². The van der Waals surface area contributed by atoms with E-state index in [2.05, 4.69) is 6.92 Å². The lowest BCUT2D eigenvalue weighted by Gasteiger charge is -2.03. The van der Waals surface area contributed by atoms with Gasteiger partial charge < -0.3 is 0 Å². The van der Waals surface area contributed by atoms with Gasteiger partial charge in [-0.05, 0) is 36.4 Å². The molecule has 0 aliphatic rings. The number of carbonyl (C=O) groups excluding carboxylic acids is 1. The van der Waals surface area contributed by atoms with Crippen LogP contribution in [0, 0.1) is 0 Å². The molecule has 0 fully saturated rings. The first-order chi connectivity index (χ1) is 10.4. The van der Waals surface area contributed by atoms with Gasteiger partial charge >= 0.3 is 0 Å². The summed E-state index contributed by atoms with van der Waals surface area (Å²) in [5, 5.41) is 0. The number of benzene rings is 1. The largest absolute Gasteiger partial charge is 0.285 e. The van der Waals surface area contributed by atoms with E-state index in [1.807, 2.05) is 42.3 Å². The van der Waals surface area contributed by atoms with Gasteiger partial charge in [-0.25, -0.2) is 0 Å². The summed E-state index contributed by atoms with van der Waals surface area (Å²) >= 11 is 1.89. The van der Waals surface area contributed by atoms with E-state index in [-0.39, 0.29) is 0 Å². The molecule has 0 amide bonds. The molecule has 0 unspecified atom stereocenters. The average Bonchev–Trinajstić information content (AvgIpc) is 2.53. The Morgan fingerprint density at radius 2 is 1.33 bits per heavy atom. The molecule has 117 valence electrons. The van der Waals surface area contributed by atoms with E-state index < -0.39 is 0 Å². The maximum atomic E-state index is 10.4. The first-order valence-corrected chi connectivity index (χ1v) is 9.46. The quantitative estimate of drug-likeness (QED) is 0.321. The summed E-state index contributed by atoms with van der Waals surface area (Å²) in [6, 6.07) is 7.71. The Morgan fingerprint density at radius 3 is 1.86 bits per heavy atom. The summed E-state index contributed by atoms with van der Waals surface area (Å²) in [6.45, 7) is 2.27. The Bertz CT molecular complexity index is 358. The highest BCUT2D eigenvalue weighted by Crippen LogP contribution is 2.20. The van der Waals surface area contributed by atoms with Crippen molar-refractivity contribution in [1.29, 1.82) is 0 Å². The molecule has 1 rings (SSSR count). The third-order valence-electron chi connectivity index (χ3n) is 3.74. The fraction of sp³-hybridized carbons (Fsp3) is 0.632. The molecule has 0 saturated carbocycles. The molecule has 0 atom stereocenters. The smallest absolute Gasteiger partial charge is 0.233 e. The van der Waals surface area contributed by atoms with Gasteiger partial charge in [0.15, 0.2) is 0 Å². The highest BCUT2D eigenvalue weighted by molar-refractivity contribution is 7.99. The zero-order valence-electron chi connectivity index (χ0n) is 13.4. The van der Waals surface area contributed by atoms with Crippen molar-refractivity contribution < 1.29 is 4.79 Å². The monoisotopic (exact) mass is 305 g/mol. The number of thioether (sulfide) groups is 1. The van der Waals surface area contributed by atoms with Crippen molar-refractivity contribution in [2.75, 3.05) is 5.75 Å². The molecule has 0 N–H and O–H groups in total. The van der Waals surface area contributed by atoms with Crippen LogP contribution in [0.2, 0.25) is 0 Å². The summed E-state index contributed by atoms with van der Waals surface area (Å²) in [4.78, 5) is 11.7. The summed E-state index contributed by atoms with van der Waals surface area (Å²) in [5.41, 5.74) is 0.637. The van der Waals surface area contributed by atoms with Crippen LogP contribution in [-0.2, 0) is 4.79 Å². The lowest BCUT2D eigenvalue weighted by molar-refractivity contribution is 0.562. The van der Waals surface area contributed by atoms with Gasteiger partial charge in [0.2, 0.25) is 6.29 Å². The Balaban J connectivity index is 1.89. The fourth-order valence-electron chi connectivity index (χ4n) is 2.40. The molecule has 0 aliphatic carbocycles. The lowest BCUT2D eigenvalue weighted by atomic mass is 10.1. The molecule has 1 aromatic carbocycles. The molecule has 0 aliphatic heterocycles. The van der Waals surface area contributed by atoms with Crippen LogP contribution in [0.25, 0.3) is 0 Å². The van der Waals surface area contributed by atoms with E-state index in [4.69, 9.17) is 0 Å². The van der Waals surface area contributed by atoms with E-state index in [0.29, 0.717) is 5.56 Å². The summed E-state index contributed by atoms with van der Waals surface area (Å²) < 4.78 is 0. The van der Waals surface area contributed by atoms with E-state index in [9.17, 15) is 4.79 Å². The number of unbranched alkanes of at least 4 members (excludes halogenated alkanes) is 9. The van der Waals surface area contributed by atoms with Crippen LogP contribution in [-0.4, -0.2) is 12.0 Å². The minimum Gasteiger partial charge on any atom is -0.285 e. The molecule has 1 nitrogen and oxygen atoms in total. The average molecular weight is 306 g/mol. The molecule has 1 aromatic rings. The Labute approximate surface area is 134 Å². The van der Waals surface area contributed by atoms with Crippen molar-refractivity contribution in [1.82, 2.24) is 0 Å². The molecular formula is C19H29OS. The first-order valence-electron chi connectivity index (χ1n) is 8.48. The second kappa shape index (κ2) is 12.9. The second-order valence-electron chi connectivity index (χ2n) is 5.66. The maximum absolute atomic E-state index is 10.4. The molecule has 0 spiro atoms. The Morgan fingerprint density at radius 1 is 0.810 bits per heavy atom. The molecule has 2 heteroatoms. The van der Waals surface area contributed by atoms with E-state index in [1.165, 1.54) is 74.9 Å². The Hall–Kier alpha value is -0.760. The van der Waals surface area contributed by atoms with Crippen molar-refractivity contribution in [2.45, 2.75) is 76.0 Å². The van der Waals surface area contributed by atoms with Crippen molar-refractivity contribution in [3.63, 3.8) is 0 Å². The first kappa shape index (κ1) is 18.3. The zero-order valence-corrected chi connectivity index (χ0v) is 14.2. The van der Waals surface area contributed by atoms with Crippen LogP contribution in [0.5, 0.6) is 0 Å².